The van der Waals surface area contributed by atoms with Crippen LogP contribution in [0.4, 0.5) is 23.1 Å². The van der Waals surface area contributed by atoms with Crippen molar-refractivity contribution in [2.75, 3.05) is 15.4 Å². The number of hydrogen-bond donors (Lipinski definition) is 3. The first-order valence-electron chi connectivity index (χ1n) is 10.2. The molecule has 2 aromatic carbocycles. The van der Waals surface area contributed by atoms with E-state index in [0.29, 0.717) is 34.1 Å². The first kappa shape index (κ1) is 22.9. The van der Waals surface area contributed by atoms with Gasteiger partial charge in [0.05, 0.1) is 16.3 Å². The molecule has 10 nitrogen and oxygen atoms in total. The topological polar surface area (TPSA) is 139 Å². The Hall–Kier alpha value is -4.25. The van der Waals surface area contributed by atoms with Crippen LogP contribution in [0.2, 0.25) is 0 Å². The Bertz CT molecular complexity index is 1430. The van der Waals surface area contributed by atoms with Gasteiger partial charge in [-0.25, -0.2) is 23.1 Å². The second-order valence-electron chi connectivity index (χ2n) is 7.52. The van der Waals surface area contributed by atoms with Crippen LogP contribution in [0.5, 0.6) is 0 Å². The summed E-state index contributed by atoms with van der Waals surface area (Å²) < 4.78 is 32.8. The average Bonchev–Trinajstić information content (AvgIpc) is 3.11. The Labute approximate surface area is 196 Å². The summed E-state index contributed by atoms with van der Waals surface area (Å²) in [5.41, 5.74) is 4.13. The Morgan fingerprint density at radius 2 is 1.62 bits per heavy atom. The molecule has 0 radical (unpaired) electrons. The van der Waals surface area contributed by atoms with Gasteiger partial charge in [0.2, 0.25) is 11.8 Å². The monoisotopic (exact) mass is 478 g/mol. The van der Waals surface area contributed by atoms with E-state index in [1.165, 1.54) is 25.4 Å². The highest BCUT2D eigenvalue weighted by atomic mass is 32.2. The van der Waals surface area contributed by atoms with Gasteiger partial charge in [-0.15, -0.1) is 0 Å². The molecule has 11 heteroatoms. The molecule has 34 heavy (non-hydrogen) atoms. The number of hydrogen-bond acceptors (Lipinski definition) is 8. The quantitative estimate of drug-likeness (QED) is 0.358. The van der Waals surface area contributed by atoms with Crippen molar-refractivity contribution in [2.24, 2.45) is 0 Å². The molecule has 0 bridgehead atoms. The van der Waals surface area contributed by atoms with Gasteiger partial charge in [0.15, 0.2) is 0 Å². The highest BCUT2D eigenvalue weighted by Crippen LogP contribution is 2.25. The van der Waals surface area contributed by atoms with E-state index in [2.05, 4.69) is 30.5 Å². The molecule has 4 rings (SSSR count). The van der Waals surface area contributed by atoms with E-state index in [4.69, 9.17) is 4.52 Å². The summed E-state index contributed by atoms with van der Waals surface area (Å²) in [5, 5.41) is 9.62. The van der Waals surface area contributed by atoms with Crippen LogP contribution in [0.25, 0.3) is 11.3 Å². The van der Waals surface area contributed by atoms with Gasteiger partial charge in [-0.05, 0) is 50.2 Å². The maximum atomic E-state index is 12.7. The molecule has 0 saturated heterocycles. The molecular formula is C23H22N6O4S. The van der Waals surface area contributed by atoms with Crippen molar-refractivity contribution in [3.05, 3.63) is 72.2 Å². The minimum atomic E-state index is -3.83. The lowest BCUT2D eigenvalue weighted by atomic mass is 10.1. The summed E-state index contributed by atoms with van der Waals surface area (Å²) in [6.07, 6.45) is 1.43. The lowest BCUT2D eigenvalue weighted by molar-refractivity contribution is -0.114. The van der Waals surface area contributed by atoms with Gasteiger partial charge >= 0.3 is 0 Å². The fraction of sp³-hybridized carbons (Fsp3) is 0.130. The molecule has 0 spiro atoms. The van der Waals surface area contributed by atoms with Crippen molar-refractivity contribution < 1.29 is 17.7 Å². The van der Waals surface area contributed by atoms with E-state index < -0.39 is 10.0 Å². The zero-order valence-corrected chi connectivity index (χ0v) is 19.5. The van der Waals surface area contributed by atoms with Gasteiger partial charge in [0, 0.05) is 35.5 Å². The van der Waals surface area contributed by atoms with Crippen molar-refractivity contribution in [1.29, 1.82) is 0 Å². The Kier molecular flexibility index (Phi) is 6.28. The minimum Gasteiger partial charge on any atom is -0.340 e. The summed E-state index contributed by atoms with van der Waals surface area (Å²) in [7, 11) is -3.83. The van der Waals surface area contributed by atoms with Crippen LogP contribution in [-0.4, -0.2) is 29.4 Å². The van der Waals surface area contributed by atoms with Crippen LogP contribution in [-0.2, 0) is 14.8 Å². The van der Waals surface area contributed by atoms with Gasteiger partial charge in [0.25, 0.3) is 10.0 Å². The second kappa shape index (κ2) is 9.32. The molecule has 2 aromatic heterocycles. The van der Waals surface area contributed by atoms with Gasteiger partial charge in [0.1, 0.15) is 12.1 Å². The number of benzene rings is 2. The van der Waals surface area contributed by atoms with Crippen molar-refractivity contribution >= 4 is 39.0 Å². The van der Waals surface area contributed by atoms with Crippen molar-refractivity contribution in [1.82, 2.24) is 15.1 Å². The number of carbonyl (C=O) groups is 1. The Balaban J connectivity index is 1.47. The maximum Gasteiger partial charge on any atom is 0.264 e. The highest BCUT2D eigenvalue weighted by Gasteiger charge is 2.19. The lowest BCUT2D eigenvalue weighted by Crippen LogP contribution is -2.13. The SMILES string of the molecule is CC(=O)Nc1ccc(-c2cc(Nc3ccc(S(=O)(=O)Nc4onc(C)c4C)cc3)ncn2)cc1. The summed E-state index contributed by atoms with van der Waals surface area (Å²) in [4.78, 5) is 19.8. The zero-order chi connectivity index (χ0) is 24.3. The lowest BCUT2D eigenvalue weighted by Gasteiger charge is -2.09. The highest BCUT2D eigenvalue weighted by molar-refractivity contribution is 7.92. The summed E-state index contributed by atoms with van der Waals surface area (Å²) in [6.45, 7) is 4.91. The van der Waals surface area contributed by atoms with E-state index in [0.717, 1.165) is 5.56 Å². The third-order valence-electron chi connectivity index (χ3n) is 4.99. The molecular weight excluding hydrogens is 456 g/mol. The average molecular weight is 479 g/mol. The number of amides is 1. The summed E-state index contributed by atoms with van der Waals surface area (Å²) in [5.74, 6) is 0.495. The smallest absolute Gasteiger partial charge is 0.264 e. The third-order valence-corrected chi connectivity index (χ3v) is 6.34. The maximum absolute atomic E-state index is 12.7. The Morgan fingerprint density at radius 1 is 0.941 bits per heavy atom. The summed E-state index contributed by atoms with van der Waals surface area (Å²) in [6, 6.07) is 15.3. The first-order chi connectivity index (χ1) is 16.2. The number of aromatic nitrogens is 3. The standard InChI is InChI=1S/C23H22N6O4S/c1-14-15(2)28-33-23(14)29-34(31,32)20-10-8-19(9-11-20)27-22-12-21(24-13-25-22)17-4-6-18(7-5-17)26-16(3)30/h4-13,29H,1-3H3,(H,26,30)(H,24,25,27). The number of rotatable bonds is 7. The molecule has 174 valence electrons. The molecule has 0 aliphatic rings. The number of nitrogens with one attached hydrogen (secondary N) is 3. The first-order valence-corrected chi connectivity index (χ1v) is 11.7. The molecule has 4 aromatic rings. The predicted molar refractivity (Wildman–Crippen MR) is 128 cm³/mol. The predicted octanol–water partition coefficient (Wildman–Crippen LogP) is 4.25. The number of nitrogens with zero attached hydrogens (tertiary/aromatic N) is 3. The molecule has 0 atom stereocenters. The van der Waals surface area contributed by atoms with Crippen molar-refractivity contribution in [3.63, 3.8) is 0 Å². The number of aryl methyl sites for hydroxylation is 1. The fourth-order valence-electron chi connectivity index (χ4n) is 3.07. The van der Waals surface area contributed by atoms with Gasteiger partial charge in [-0.2, -0.15) is 0 Å². The van der Waals surface area contributed by atoms with Crippen molar-refractivity contribution in [2.45, 2.75) is 25.7 Å². The van der Waals surface area contributed by atoms with E-state index >= 15 is 0 Å². The number of anilines is 4. The molecule has 0 fully saturated rings. The molecule has 0 aliphatic carbocycles. The molecule has 0 unspecified atom stereocenters. The summed E-state index contributed by atoms with van der Waals surface area (Å²) >= 11 is 0. The largest absolute Gasteiger partial charge is 0.340 e. The van der Waals surface area contributed by atoms with Gasteiger partial charge < -0.3 is 15.2 Å². The number of carbonyl (C=O) groups excluding carboxylic acids is 1. The number of sulfonamides is 1. The van der Waals surface area contributed by atoms with E-state index in [1.807, 2.05) is 12.1 Å². The van der Waals surface area contributed by atoms with E-state index in [1.54, 1.807) is 44.2 Å². The zero-order valence-electron chi connectivity index (χ0n) is 18.7. The molecule has 0 saturated carbocycles. The fourth-order valence-corrected chi connectivity index (χ4v) is 4.11. The van der Waals surface area contributed by atoms with Crippen LogP contribution in [0, 0.1) is 13.8 Å². The van der Waals surface area contributed by atoms with Crippen LogP contribution >= 0.6 is 0 Å². The Morgan fingerprint density at radius 3 is 2.24 bits per heavy atom. The van der Waals surface area contributed by atoms with Crippen LogP contribution in [0.1, 0.15) is 18.2 Å². The third kappa shape index (κ3) is 5.21. The molecule has 2 heterocycles. The van der Waals surface area contributed by atoms with Crippen LogP contribution < -0.4 is 15.4 Å². The van der Waals surface area contributed by atoms with Gasteiger partial charge in [-0.3, -0.25) is 4.79 Å². The second-order valence-corrected chi connectivity index (χ2v) is 9.21. The normalized spacial score (nSPS) is 11.1. The van der Waals surface area contributed by atoms with Crippen LogP contribution in [0.15, 0.2) is 70.3 Å². The molecule has 3 N–H and O–H groups in total. The van der Waals surface area contributed by atoms with Crippen molar-refractivity contribution in [3.8, 4) is 11.3 Å². The van der Waals surface area contributed by atoms with Crippen LogP contribution in [0.3, 0.4) is 0 Å². The van der Waals surface area contributed by atoms with E-state index in [-0.39, 0.29) is 16.7 Å². The molecule has 0 aliphatic heterocycles. The minimum absolute atomic E-state index is 0.0779. The van der Waals surface area contributed by atoms with E-state index in [9.17, 15) is 13.2 Å². The molecule has 1 amide bonds. The van der Waals surface area contributed by atoms with Gasteiger partial charge in [-0.1, -0.05) is 17.3 Å².